The van der Waals surface area contributed by atoms with Crippen LogP contribution in [0.5, 0.6) is 5.75 Å². The van der Waals surface area contributed by atoms with Gasteiger partial charge in [-0.25, -0.2) is 0 Å². The van der Waals surface area contributed by atoms with Crippen molar-refractivity contribution in [2.75, 3.05) is 20.3 Å². The molecule has 7 heteroatoms. The number of alkyl halides is 3. The quantitative estimate of drug-likeness (QED) is 0.858. The summed E-state index contributed by atoms with van der Waals surface area (Å²) in [7, 11) is 1.67. The molecule has 0 aromatic heterocycles. The van der Waals surface area contributed by atoms with Crippen molar-refractivity contribution in [2.45, 2.75) is 19.3 Å². The summed E-state index contributed by atoms with van der Waals surface area (Å²) in [6, 6.07) is 5.49. The highest BCUT2D eigenvalue weighted by molar-refractivity contribution is 5.78. The fourth-order valence-corrected chi connectivity index (χ4v) is 2.19. The molecular formula is C14H16F3NO3. The zero-order valence-corrected chi connectivity index (χ0v) is 11.5. The summed E-state index contributed by atoms with van der Waals surface area (Å²) < 4.78 is 45.1. The predicted molar refractivity (Wildman–Crippen MR) is 68.5 cm³/mol. The molecule has 2 rings (SSSR count). The Balaban J connectivity index is 1.91. The molecule has 0 saturated carbocycles. The Morgan fingerprint density at radius 1 is 1.38 bits per heavy atom. The number of amides is 1. The molecule has 1 heterocycles. The van der Waals surface area contributed by atoms with Crippen LogP contribution < -0.4 is 4.74 Å². The number of benzene rings is 1. The molecule has 1 aromatic rings. The van der Waals surface area contributed by atoms with Crippen molar-refractivity contribution in [1.29, 1.82) is 0 Å². The molecule has 0 radical (unpaired) electrons. The largest absolute Gasteiger partial charge is 0.573 e. The van der Waals surface area contributed by atoms with Gasteiger partial charge in [0.05, 0.1) is 12.5 Å². The van der Waals surface area contributed by atoms with Crippen LogP contribution >= 0.6 is 0 Å². The minimum Gasteiger partial charge on any atom is -0.406 e. The van der Waals surface area contributed by atoms with Crippen LogP contribution in [0.15, 0.2) is 24.3 Å². The van der Waals surface area contributed by atoms with Crippen molar-refractivity contribution in [3.05, 3.63) is 29.8 Å². The highest BCUT2D eigenvalue weighted by Crippen LogP contribution is 2.23. The van der Waals surface area contributed by atoms with E-state index >= 15 is 0 Å². The lowest BCUT2D eigenvalue weighted by molar-refractivity contribution is -0.274. The van der Waals surface area contributed by atoms with Gasteiger partial charge < -0.3 is 14.4 Å². The molecule has 4 nitrogen and oxygen atoms in total. The van der Waals surface area contributed by atoms with Gasteiger partial charge in [0.1, 0.15) is 5.75 Å². The van der Waals surface area contributed by atoms with Crippen LogP contribution in [0.25, 0.3) is 0 Å². The summed E-state index contributed by atoms with van der Waals surface area (Å²) >= 11 is 0. The van der Waals surface area contributed by atoms with Crippen LogP contribution in [-0.4, -0.2) is 37.4 Å². The normalized spacial score (nSPS) is 18.6. The van der Waals surface area contributed by atoms with E-state index < -0.39 is 6.36 Å². The van der Waals surface area contributed by atoms with E-state index in [0.717, 1.165) is 5.56 Å². The first kappa shape index (κ1) is 15.6. The average Bonchev–Trinajstić information content (AvgIpc) is 2.92. The molecular weight excluding hydrogens is 287 g/mol. The second-order valence-electron chi connectivity index (χ2n) is 4.95. The van der Waals surface area contributed by atoms with Gasteiger partial charge >= 0.3 is 6.36 Å². The van der Waals surface area contributed by atoms with Crippen LogP contribution in [0.1, 0.15) is 12.0 Å². The van der Waals surface area contributed by atoms with Crippen LogP contribution in [0.2, 0.25) is 0 Å². The van der Waals surface area contributed by atoms with E-state index in [9.17, 15) is 18.0 Å². The van der Waals surface area contributed by atoms with E-state index in [1.54, 1.807) is 11.9 Å². The van der Waals surface area contributed by atoms with Gasteiger partial charge in [0.2, 0.25) is 5.91 Å². The van der Waals surface area contributed by atoms with E-state index in [1.807, 2.05) is 0 Å². The smallest absolute Gasteiger partial charge is 0.406 e. The Morgan fingerprint density at radius 3 is 2.57 bits per heavy atom. The number of carbonyl (C=O) groups excluding carboxylic acids is 1. The van der Waals surface area contributed by atoms with Crippen molar-refractivity contribution in [3.8, 4) is 5.75 Å². The van der Waals surface area contributed by atoms with Crippen molar-refractivity contribution in [3.63, 3.8) is 0 Å². The van der Waals surface area contributed by atoms with Gasteiger partial charge in [-0.05, 0) is 24.1 Å². The van der Waals surface area contributed by atoms with Gasteiger partial charge in [-0.1, -0.05) is 12.1 Å². The summed E-state index contributed by atoms with van der Waals surface area (Å²) in [4.78, 5) is 13.6. The van der Waals surface area contributed by atoms with E-state index in [-0.39, 0.29) is 17.6 Å². The molecule has 1 aliphatic heterocycles. The fraction of sp³-hybridized carbons (Fsp3) is 0.500. The lowest BCUT2D eigenvalue weighted by Crippen LogP contribution is -2.32. The lowest BCUT2D eigenvalue weighted by atomic mass is 10.1. The van der Waals surface area contributed by atoms with Gasteiger partial charge in [-0.3, -0.25) is 4.79 Å². The molecule has 116 valence electrons. The molecule has 0 aliphatic carbocycles. The third-order valence-electron chi connectivity index (χ3n) is 3.23. The molecule has 1 amide bonds. The first-order valence-electron chi connectivity index (χ1n) is 6.52. The van der Waals surface area contributed by atoms with E-state index in [2.05, 4.69) is 4.74 Å². The van der Waals surface area contributed by atoms with E-state index in [4.69, 9.17) is 4.74 Å². The van der Waals surface area contributed by atoms with Crippen LogP contribution in [0, 0.1) is 5.92 Å². The number of rotatable bonds is 4. The van der Waals surface area contributed by atoms with Gasteiger partial charge in [0.25, 0.3) is 0 Å². The number of ether oxygens (including phenoxy) is 2. The monoisotopic (exact) mass is 303 g/mol. The topological polar surface area (TPSA) is 38.8 Å². The number of hydrogen-bond donors (Lipinski definition) is 0. The second kappa shape index (κ2) is 6.34. The molecule has 1 atom stereocenters. The highest BCUT2D eigenvalue weighted by atomic mass is 19.4. The summed E-state index contributed by atoms with van der Waals surface area (Å²) in [5.41, 5.74) is 0.735. The first-order chi connectivity index (χ1) is 9.85. The Labute approximate surface area is 120 Å². The third kappa shape index (κ3) is 4.63. The standard InChI is InChI=1S/C14H16F3NO3/c1-18(13(19)11-6-7-20-9-11)8-10-2-4-12(5-3-10)21-14(15,16)17/h2-5,11H,6-9H2,1H3. The summed E-state index contributed by atoms with van der Waals surface area (Å²) in [6.07, 6.45) is -3.99. The minimum atomic E-state index is -4.70. The summed E-state index contributed by atoms with van der Waals surface area (Å²) in [5.74, 6) is -0.407. The van der Waals surface area contributed by atoms with Gasteiger partial charge in [0, 0.05) is 20.2 Å². The Morgan fingerprint density at radius 2 is 2.05 bits per heavy atom. The molecule has 0 N–H and O–H groups in total. The Bertz CT molecular complexity index is 481. The van der Waals surface area contributed by atoms with Crippen LogP contribution in [0.3, 0.4) is 0 Å². The number of nitrogens with zero attached hydrogens (tertiary/aromatic N) is 1. The molecule has 1 unspecified atom stereocenters. The average molecular weight is 303 g/mol. The maximum Gasteiger partial charge on any atom is 0.573 e. The Hall–Kier alpha value is -1.76. The third-order valence-corrected chi connectivity index (χ3v) is 3.23. The molecule has 0 spiro atoms. The molecule has 1 saturated heterocycles. The Kier molecular flexibility index (Phi) is 4.72. The molecule has 1 aromatic carbocycles. The molecule has 0 bridgehead atoms. The van der Waals surface area contributed by atoms with Crippen LogP contribution in [-0.2, 0) is 16.1 Å². The van der Waals surface area contributed by atoms with Gasteiger partial charge in [-0.2, -0.15) is 0 Å². The van der Waals surface area contributed by atoms with E-state index in [1.165, 1.54) is 24.3 Å². The van der Waals surface area contributed by atoms with Crippen molar-refractivity contribution < 1.29 is 27.4 Å². The molecule has 1 fully saturated rings. The van der Waals surface area contributed by atoms with Gasteiger partial charge in [-0.15, -0.1) is 13.2 Å². The van der Waals surface area contributed by atoms with Crippen molar-refractivity contribution >= 4 is 5.91 Å². The fourth-order valence-electron chi connectivity index (χ4n) is 2.19. The minimum absolute atomic E-state index is 0.0110. The number of carbonyl (C=O) groups is 1. The zero-order valence-electron chi connectivity index (χ0n) is 11.5. The molecule has 1 aliphatic rings. The lowest BCUT2D eigenvalue weighted by Gasteiger charge is -2.20. The maximum atomic E-state index is 12.1. The van der Waals surface area contributed by atoms with Gasteiger partial charge in [0.15, 0.2) is 0 Å². The maximum absolute atomic E-state index is 12.1. The first-order valence-corrected chi connectivity index (χ1v) is 6.52. The summed E-state index contributed by atoms with van der Waals surface area (Å²) in [5, 5.41) is 0. The molecule has 21 heavy (non-hydrogen) atoms. The predicted octanol–water partition coefficient (Wildman–Crippen LogP) is 2.58. The van der Waals surface area contributed by atoms with Crippen LogP contribution in [0.4, 0.5) is 13.2 Å². The number of halogens is 3. The van der Waals surface area contributed by atoms with Crippen molar-refractivity contribution in [1.82, 2.24) is 4.90 Å². The van der Waals surface area contributed by atoms with E-state index in [0.29, 0.717) is 26.2 Å². The van der Waals surface area contributed by atoms with Crippen molar-refractivity contribution in [2.24, 2.45) is 5.92 Å². The summed E-state index contributed by atoms with van der Waals surface area (Å²) in [6.45, 7) is 1.36. The highest BCUT2D eigenvalue weighted by Gasteiger charge is 2.31. The zero-order chi connectivity index (χ0) is 15.5. The number of hydrogen-bond acceptors (Lipinski definition) is 3. The SMILES string of the molecule is CN(Cc1ccc(OC(F)(F)F)cc1)C(=O)C1CCOC1. The second-order valence-corrected chi connectivity index (χ2v) is 4.95.